The lowest BCUT2D eigenvalue weighted by atomic mass is 9.90. The molecule has 7 saturated heterocycles. The second-order valence-corrected chi connectivity index (χ2v) is 38.8. The number of phenolic OH excluding ortho intramolecular Hbond substituents is 1. The van der Waals surface area contributed by atoms with Gasteiger partial charge in [-0.25, -0.2) is 90.8 Å². The molecule has 0 aromatic heterocycles. The molecule has 40 heteroatoms. The van der Waals surface area contributed by atoms with Gasteiger partial charge in [-0.1, -0.05) is 12.1 Å². The maximum absolute atomic E-state index is 14.7. The summed E-state index contributed by atoms with van der Waals surface area (Å²) >= 11 is 0. The Morgan fingerprint density at radius 2 is 0.695 bits per heavy atom. The Balaban J connectivity index is 0.000000174. The van der Waals surface area contributed by atoms with E-state index in [4.69, 9.17) is 28.8 Å². The summed E-state index contributed by atoms with van der Waals surface area (Å²) in [7, 11) is -11.5. The van der Waals surface area contributed by atoms with Crippen molar-refractivity contribution in [3.63, 3.8) is 0 Å². The van der Waals surface area contributed by atoms with Crippen LogP contribution in [-0.2, 0) is 63.7 Å². The fourth-order valence-electron chi connectivity index (χ4n) is 14.1. The van der Waals surface area contributed by atoms with Gasteiger partial charge in [0.15, 0.2) is 69.5 Å². The lowest BCUT2D eigenvalue weighted by Gasteiger charge is -2.39. The van der Waals surface area contributed by atoms with Crippen molar-refractivity contribution >= 4 is 46.2 Å². The first-order valence-electron chi connectivity index (χ1n) is 37.6. The molecule has 0 bridgehead atoms. The number of carbonyl (C=O) groups excluding carboxylic acids is 1. The van der Waals surface area contributed by atoms with Crippen molar-refractivity contribution in [2.45, 2.75) is 139 Å². The van der Waals surface area contributed by atoms with Gasteiger partial charge in [-0.15, -0.1) is 0 Å². The van der Waals surface area contributed by atoms with Gasteiger partial charge < -0.3 is 39.0 Å². The van der Waals surface area contributed by atoms with Crippen molar-refractivity contribution in [2.24, 2.45) is 0 Å². The minimum absolute atomic E-state index is 0.0450. The molecule has 1 amide bonds. The van der Waals surface area contributed by atoms with Gasteiger partial charge in [0, 0.05) is 85.1 Å². The number of rotatable bonds is 17. The second-order valence-electron chi connectivity index (χ2n) is 30.9. The molecule has 7 aliphatic heterocycles. The molecule has 7 fully saturated rings. The number of benzene rings is 6. The number of phenols is 1. The highest BCUT2D eigenvalue weighted by atomic mass is 32.2. The maximum Gasteiger partial charge on any atom is 0.416 e. The van der Waals surface area contributed by atoms with E-state index >= 15 is 0 Å². The van der Waals surface area contributed by atoms with E-state index in [1.807, 2.05) is 4.90 Å². The van der Waals surface area contributed by atoms with Crippen LogP contribution in [-0.4, -0.2) is 220 Å². The molecule has 22 nitrogen and oxygen atoms in total. The van der Waals surface area contributed by atoms with Gasteiger partial charge in [-0.3, -0.25) is 4.90 Å². The molecule has 0 unspecified atom stereocenters. The third-order valence-corrected chi connectivity index (χ3v) is 26.0. The fraction of sp³-hybridized carbons (Fsp3) is 0.526. The highest BCUT2D eigenvalue weighted by Gasteiger charge is 2.39. The smallest absolute Gasteiger partial charge is 0.416 e. The number of sulfonamides is 4. The Hall–Kier alpha value is -7.83. The van der Waals surface area contributed by atoms with Crippen LogP contribution >= 0.6 is 0 Å². The fourth-order valence-corrected chi connectivity index (χ4v) is 17.6. The predicted molar refractivity (Wildman–Crippen MR) is 409 cm³/mol. The number of nitrogens with one attached hydrogen (secondary N) is 1. The van der Waals surface area contributed by atoms with Crippen LogP contribution in [0.25, 0.3) is 0 Å². The molecular weight excluding hydrogens is 1670 g/mol. The maximum atomic E-state index is 14.7. The number of aromatic hydroxyl groups is 1. The summed E-state index contributed by atoms with van der Waals surface area (Å²) in [4.78, 5) is 15.3. The molecule has 0 spiro atoms. The van der Waals surface area contributed by atoms with Gasteiger partial charge in [0.1, 0.15) is 29.7 Å². The second kappa shape index (κ2) is 38.9. The van der Waals surface area contributed by atoms with E-state index in [0.29, 0.717) is 170 Å². The number of amides is 1. The zero-order valence-corrected chi connectivity index (χ0v) is 69.1. The van der Waals surface area contributed by atoms with Crippen LogP contribution in [0.3, 0.4) is 0 Å². The number of carbonyl (C=O) groups is 1. The summed E-state index contributed by atoms with van der Waals surface area (Å²) in [5.41, 5.74) is 0.708. The van der Waals surface area contributed by atoms with Crippen LogP contribution in [0.1, 0.15) is 135 Å². The van der Waals surface area contributed by atoms with Crippen molar-refractivity contribution in [1.82, 2.24) is 32.3 Å². The molecule has 6 aromatic rings. The number of hydrogen-bond acceptors (Lipinski definition) is 17. The normalized spacial score (nSPS) is 18.8. The van der Waals surface area contributed by atoms with Crippen LogP contribution in [0, 0.1) is 46.5 Å². The lowest BCUT2D eigenvalue weighted by Crippen LogP contribution is -2.57. The Morgan fingerprint density at radius 1 is 0.424 bits per heavy atom. The monoisotopic (exact) mass is 1760 g/mol. The molecule has 0 radical (unpaired) electrons. The minimum Gasteiger partial charge on any atom is -0.503 e. The van der Waals surface area contributed by atoms with Gasteiger partial charge in [0.2, 0.25) is 40.1 Å². The summed E-state index contributed by atoms with van der Waals surface area (Å²) in [6.07, 6.45) is -1.56. The van der Waals surface area contributed by atoms with Crippen LogP contribution in [0.4, 0.5) is 66.3 Å². The summed E-state index contributed by atoms with van der Waals surface area (Å²) in [5.74, 6) is -8.76. The van der Waals surface area contributed by atoms with Gasteiger partial charge in [-0.2, -0.15) is 26.3 Å². The zero-order chi connectivity index (χ0) is 86.9. The van der Waals surface area contributed by atoms with E-state index in [0.717, 1.165) is 55.2 Å². The van der Waals surface area contributed by atoms with Gasteiger partial charge >= 0.3 is 18.4 Å². The minimum atomic E-state index is -4.38. The van der Waals surface area contributed by atoms with Crippen LogP contribution < -0.4 is 24.3 Å². The van der Waals surface area contributed by atoms with Crippen molar-refractivity contribution in [3.05, 3.63) is 183 Å². The van der Waals surface area contributed by atoms with Crippen LogP contribution in [0.2, 0.25) is 0 Å². The zero-order valence-electron chi connectivity index (χ0n) is 65.8. The van der Waals surface area contributed by atoms with Crippen molar-refractivity contribution in [3.8, 4) is 28.7 Å². The van der Waals surface area contributed by atoms with E-state index in [1.54, 1.807) is 20.8 Å². The highest BCUT2D eigenvalue weighted by Crippen LogP contribution is 2.40. The molecular formula is C78H95F14N7O15S4. The van der Waals surface area contributed by atoms with E-state index in [9.17, 15) is 99.9 Å². The molecule has 7 heterocycles. The predicted octanol–water partition coefficient (Wildman–Crippen LogP) is 13.5. The summed E-state index contributed by atoms with van der Waals surface area (Å²) in [5, 5.41) is 12.0. The van der Waals surface area contributed by atoms with Crippen molar-refractivity contribution < 1.29 is 129 Å². The summed E-state index contributed by atoms with van der Waals surface area (Å²) in [6, 6.07) is 19.3. The number of nitrogens with zero attached hydrogens (tertiary/aromatic N) is 6. The molecule has 6 aromatic carbocycles. The van der Waals surface area contributed by atoms with E-state index < -0.39 is 151 Å². The highest BCUT2D eigenvalue weighted by molar-refractivity contribution is 7.89. The number of halogens is 14. The Morgan fingerprint density at radius 3 is 0.949 bits per heavy atom. The van der Waals surface area contributed by atoms with E-state index in [-0.39, 0.29) is 48.6 Å². The number of methoxy groups -OCH3 is 1. The summed E-state index contributed by atoms with van der Waals surface area (Å²) in [6.45, 7) is 10.7. The average molecular weight is 1760 g/mol. The Kier molecular flexibility index (Phi) is 31.0. The summed E-state index contributed by atoms with van der Waals surface area (Å²) < 4.78 is 311. The lowest BCUT2D eigenvalue weighted by molar-refractivity contribution is -0.138. The third kappa shape index (κ3) is 26.3. The molecule has 654 valence electrons. The number of likely N-dealkylation sites (tertiary alicyclic amines) is 2. The number of ether oxygens (including phenoxy) is 5. The molecule has 0 saturated carbocycles. The molecule has 118 heavy (non-hydrogen) atoms. The van der Waals surface area contributed by atoms with Crippen molar-refractivity contribution in [2.75, 3.05) is 124 Å². The molecule has 0 aliphatic carbocycles. The van der Waals surface area contributed by atoms with Gasteiger partial charge in [-0.05, 0) is 209 Å². The first-order chi connectivity index (χ1) is 54.9. The topological polar surface area (TPSA) is 251 Å². The first kappa shape index (κ1) is 94.0. The number of hydrogen-bond donors (Lipinski definition) is 2. The number of alkyl halides is 6. The third-order valence-electron chi connectivity index (χ3n) is 20.8. The van der Waals surface area contributed by atoms with Gasteiger partial charge in [0.05, 0.1) is 56.3 Å². The van der Waals surface area contributed by atoms with E-state index in [1.165, 1.54) is 96.2 Å². The van der Waals surface area contributed by atoms with Crippen LogP contribution in [0.15, 0.2) is 97.1 Å². The molecule has 7 aliphatic rings. The standard InChI is InChI=1S/C23H25F5N2O3S.C20H28F2N2O5S.C15H20F2N2O3S.C12H15F2NO3S.C8H7F3O/c1-34(31,32)30-8-6-16(7-9-30)17-10-20(24)22(21(25)11-17)33-19-13-29(14-19)12-15-2-4-18(5-3-15)23(26,27)28;1-20(2,3)29-19(25)23-11-15(12-23)28-18-16(21)9-14(10-17(18)22)13-5-7-24(8-6-13)30(4,26)27;1-23(20,21)19-4-2-10(3-5-19)11-6-13(16)15(14(17)7-11)22-12-8-18-9-12;1-19(17,18)15-4-2-8(3-5-15)9-6-10(13)12(16)11(14)7-9;1-12-7-4-2-6(3-5-7)8(9,10)11/h2-5,10-11,16,19H,6-9,12-14H2,1H3;9-10,13,15H,5-8,11-12H2,1-4H3;6-7,10,12,18H,2-5,8-9H2,1H3;6-8,16H,2-5H2,1H3;2-5H,1H3. The largest absolute Gasteiger partial charge is 0.503 e. The van der Waals surface area contributed by atoms with Gasteiger partial charge in [0.25, 0.3) is 0 Å². The SMILES string of the molecule is CC(C)(C)OC(=O)N1CC(Oc2c(F)cc(C3CCN(S(C)(=O)=O)CC3)cc2F)C1.COc1ccc(C(F)(F)F)cc1.CS(=O)(=O)N1CCC(c2cc(F)c(O)c(F)c2)CC1.CS(=O)(=O)N1CCC(c2cc(F)c(OC3CN(Cc4ccc(C(F)(F)F)cc4)C3)c(F)c2)CC1.CS(=O)(=O)N1CCC(c2cc(F)c(OC3CNC3)c(F)c2)CC1. The van der Waals surface area contributed by atoms with E-state index in [2.05, 4.69) is 5.32 Å². The van der Waals surface area contributed by atoms with Crippen LogP contribution in [0.5, 0.6) is 28.7 Å². The van der Waals surface area contributed by atoms with Crippen molar-refractivity contribution in [1.29, 1.82) is 0 Å². The molecule has 0 atom stereocenters. The Bertz CT molecular complexity index is 4820. The molecule has 2 N–H and O–H groups in total. The quantitative estimate of drug-likeness (QED) is 0.0805. The Labute approximate surface area is 677 Å². The average Bonchev–Trinajstić information content (AvgIpc) is 0.808. The number of piperidine rings is 4. The first-order valence-corrected chi connectivity index (χ1v) is 45.0. The molecule has 13 rings (SSSR count).